The number of hydrogen-bond acceptors (Lipinski definition) is 5. The molecule has 0 spiro atoms. The van der Waals surface area contributed by atoms with Gasteiger partial charge in [0, 0.05) is 11.8 Å². The van der Waals surface area contributed by atoms with E-state index in [0.29, 0.717) is 32.4 Å². The molecule has 0 saturated carbocycles. The molecule has 5 heteroatoms. The number of nitrogens with zero attached hydrogens (tertiary/aromatic N) is 1. The monoisotopic (exact) mass is 220 g/mol. The van der Waals surface area contributed by atoms with Crippen LogP contribution in [0.5, 0.6) is 11.5 Å². The molecular formula is C11H12N2O3. The third-order valence-electron chi connectivity index (χ3n) is 2.38. The van der Waals surface area contributed by atoms with Crippen LogP contribution in [0.4, 0.5) is 5.69 Å². The molecule has 5 nitrogen and oxygen atoms in total. The van der Waals surface area contributed by atoms with Crippen LogP contribution >= 0.6 is 0 Å². The molecular weight excluding hydrogens is 208 g/mol. The van der Waals surface area contributed by atoms with Crippen LogP contribution in [0.15, 0.2) is 23.2 Å². The van der Waals surface area contributed by atoms with Crippen molar-refractivity contribution >= 4 is 11.7 Å². The summed E-state index contributed by atoms with van der Waals surface area (Å²) >= 11 is 0. The van der Waals surface area contributed by atoms with E-state index in [2.05, 4.69) is 10.3 Å². The van der Waals surface area contributed by atoms with Gasteiger partial charge in [0.2, 0.25) is 0 Å². The molecule has 0 saturated heterocycles. The maximum atomic E-state index is 5.48. The zero-order chi connectivity index (χ0) is 10.8. The number of benzene rings is 1. The first-order valence-corrected chi connectivity index (χ1v) is 5.26. The van der Waals surface area contributed by atoms with Crippen LogP contribution < -0.4 is 14.8 Å². The van der Waals surface area contributed by atoms with Gasteiger partial charge in [0.05, 0.1) is 6.54 Å². The van der Waals surface area contributed by atoms with E-state index in [9.17, 15) is 0 Å². The fourth-order valence-corrected chi connectivity index (χ4v) is 1.66. The first-order chi connectivity index (χ1) is 7.92. The topological polar surface area (TPSA) is 52.1 Å². The Hall–Kier alpha value is -1.91. The first-order valence-electron chi connectivity index (χ1n) is 5.26. The van der Waals surface area contributed by atoms with Crippen LogP contribution in [0.2, 0.25) is 0 Å². The number of hydrogen-bond donors (Lipinski definition) is 1. The zero-order valence-electron chi connectivity index (χ0n) is 8.73. The van der Waals surface area contributed by atoms with Gasteiger partial charge in [-0.05, 0) is 12.1 Å². The van der Waals surface area contributed by atoms with E-state index in [4.69, 9.17) is 14.2 Å². The number of nitrogens with one attached hydrogen (secondary N) is 1. The van der Waals surface area contributed by atoms with Gasteiger partial charge in [-0.25, -0.2) is 4.99 Å². The van der Waals surface area contributed by atoms with Crippen molar-refractivity contribution < 1.29 is 14.2 Å². The fraction of sp³-hybridized carbons (Fsp3) is 0.364. The van der Waals surface area contributed by atoms with Crippen LogP contribution in [0.1, 0.15) is 0 Å². The lowest BCUT2D eigenvalue weighted by Crippen LogP contribution is -2.16. The Morgan fingerprint density at radius 1 is 1.00 bits per heavy atom. The standard InChI is InChI=1S/C11H12N2O3/c1-2-9-10(15-6-5-14-9)7-8(1)13-11-12-3-4-16-11/h1-2,7H,3-6H2,(H,12,13). The largest absolute Gasteiger partial charge is 0.486 e. The smallest absolute Gasteiger partial charge is 0.289 e. The number of anilines is 1. The second-order valence-electron chi connectivity index (χ2n) is 3.52. The lowest BCUT2D eigenvalue weighted by molar-refractivity contribution is 0.171. The molecule has 0 atom stereocenters. The highest BCUT2D eigenvalue weighted by Crippen LogP contribution is 2.32. The van der Waals surface area contributed by atoms with Gasteiger partial charge < -0.3 is 19.5 Å². The average molecular weight is 220 g/mol. The predicted molar refractivity (Wildman–Crippen MR) is 59.3 cm³/mol. The summed E-state index contributed by atoms with van der Waals surface area (Å²) in [6.45, 7) is 2.56. The van der Waals surface area contributed by atoms with Gasteiger partial charge in [0.15, 0.2) is 11.5 Å². The average Bonchev–Trinajstić information content (AvgIpc) is 2.82. The molecule has 2 aliphatic heterocycles. The second kappa shape index (κ2) is 3.92. The summed E-state index contributed by atoms with van der Waals surface area (Å²) in [5.41, 5.74) is 0.893. The molecule has 0 aliphatic carbocycles. The molecule has 0 bridgehead atoms. The third-order valence-corrected chi connectivity index (χ3v) is 2.38. The number of amidine groups is 1. The summed E-state index contributed by atoms with van der Waals surface area (Å²) in [5, 5.41) is 3.08. The van der Waals surface area contributed by atoms with Crippen molar-refractivity contribution in [1.82, 2.24) is 0 Å². The van der Waals surface area contributed by atoms with E-state index in [1.165, 1.54) is 0 Å². The summed E-state index contributed by atoms with van der Waals surface area (Å²) in [6, 6.07) is 6.25. The van der Waals surface area contributed by atoms with Gasteiger partial charge in [-0.1, -0.05) is 0 Å². The maximum Gasteiger partial charge on any atom is 0.289 e. The number of rotatable bonds is 1. The van der Waals surface area contributed by atoms with E-state index >= 15 is 0 Å². The molecule has 16 heavy (non-hydrogen) atoms. The second-order valence-corrected chi connectivity index (χ2v) is 3.52. The number of ether oxygens (including phenoxy) is 3. The minimum absolute atomic E-state index is 0.566. The molecule has 0 radical (unpaired) electrons. The van der Waals surface area contributed by atoms with Crippen LogP contribution in [0.3, 0.4) is 0 Å². The van der Waals surface area contributed by atoms with Crippen molar-refractivity contribution in [1.29, 1.82) is 0 Å². The molecule has 0 unspecified atom stereocenters. The van der Waals surface area contributed by atoms with E-state index in [-0.39, 0.29) is 0 Å². The lowest BCUT2D eigenvalue weighted by Gasteiger charge is -2.19. The molecule has 2 aliphatic rings. The van der Waals surface area contributed by atoms with Gasteiger partial charge >= 0.3 is 0 Å². The number of fused-ring (bicyclic) bond motifs is 1. The van der Waals surface area contributed by atoms with Gasteiger partial charge in [-0.2, -0.15) is 0 Å². The molecule has 1 N–H and O–H groups in total. The van der Waals surface area contributed by atoms with Crippen molar-refractivity contribution in [3.63, 3.8) is 0 Å². The molecule has 0 aromatic heterocycles. The van der Waals surface area contributed by atoms with Crippen molar-refractivity contribution in [2.24, 2.45) is 4.99 Å². The van der Waals surface area contributed by atoms with E-state index < -0.39 is 0 Å². The summed E-state index contributed by atoms with van der Waals surface area (Å²) in [7, 11) is 0. The highest BCUT2D eigenvalue weighted by atomic mass is 16.6. The Kier molecular flexibility index (Phi) is 2.29. The van der Waals surface area contributed by atoms with Crippen LogP contribution in [0, 0.1) is 0 Å². The van der Waals surface area contributed by atoms with Crippen molar-refractivity contribution in [2.75, 3.05) is 31.7 Å². The van der Waals surface area contributed by atoms with Gasteiger partial charge in [0.1, 0.15) is 19.8 Å². The van der Waals surface area contributed by atoms with Crippen LogP contribution in [-0.2, 0) is 4.74 Å². The SMILES string of the molecule is c1cc2c(cc1NC1=NCCO1)OCCO2. The summed E-state index contributed by atoms with van der Waals surface area (Å²) in [4.78, 5) is 4.15. The first kappa shape index (κ1) is 9.33. The number of aliphatic imine (C=N–C) groups is 1. The summed E-state index contributed by atoms with van der Waals surface area (Å²) < 4.78 is 16.2. The van der Waals surface area contributed by atoms with Crippen LogP contribution in [-0.4, -0.2) is 32.4 Å². The Labute approximate surface area is 93.0 Å². The molecule has 2 heterocycles. The van der Waals surface area contributed by atoms with Gasteiger partial charge in [-0.15, -0.1) is 0 Å². The molecule has 1 aromatic carbocycles. The normalized spacial score (nSPS) is 17.6. The third kappa shape index (κ3) is 1.76. The lowest BCUT2D eigenvalue weighted by atomic mass is 10.2. The van der Waals surface area contributed by atoms with Crippen molar-refractivity contribution in [3.05, 3.63) is 18.2 Å². The van der Waals surface area contributed by atoms with Crippen molar-refractivity contribution in [2.45, 2.75) is 0 Å². The predicted octanol–water partition coefficient (Wildman–Crippen LogP) is 1.26. The minimum atomic E-state index is 0.566. The van der Waals surface area contributed by atoms with Gasteiger partial charge in [-0.3, -0.25) is 0 Å². The Bertz CT molecular complexity index is 431. The van der Waals surface area contributed by atoms with E-state index in [1.54, 1.807) is 0 Å². The molecule has 84 valence electrons. The summed E-state index contributed by atoms with van der Waals surface area (Å²) in [6.07, 6.45) is 0. The molecule has 0 amide bonds. The Morgan fingerprint density at radius 2 is 1.88 bits per heavy atom. The molecule has 1 aromatic rings. The van der Waals surface area contributed by atoms with E-state index in [0.717, 1.165) is 17.2 Å². The highest BCUT2D eigenvalue weighted by Gasteiger charge is 2.13. The fourth-order valence-electron chi connectivity index (χ4n) is 1.66. The summed E-state index contributed by atoms with van der Waals surface area (Å²) in [5.74, 6) is 1.54. The van der Waals surface area contributed by atoms with E-state index in [1.807, 2.05) is 18.2 Å². The minimum Gasteiger partial charge on any atom is -0.486 e. The maximum absolute atomic E-state index is 5.48. The highest BCUT2D eigenvalue weighted by molar-refractivity contribution is 5.90. The Balaban J connectivity index is 1.80. The molecule has 3 rings (SSSR count). The molecule has 0 fully saturated rings. The zero-order valence-corrected chi connectivity index (χ0v) is 8.73. The van der Waals surface area contributed by atoms with Crippen LogP contribution in [0.25, 0.3) is 0 Å². The van der Waals surface area contributed by atoms with Crippen molar-refractivity contribution in [3.8, 4) is 11.5 Å². The Morgan fingerprint density at radius 3 is 2.69 bits per heavy atom. The van der Waals surface area contributed by atoms with Gasteiger partial charge in [0.25, 0.3) is 6.02 Å². The quantitative estimate of drug-likeness (QED) is 0.774.